The van der Waals surface area contributed by atoms with E-state index in [2.05, 4.69) is 41.6 Å². The fourth-order valence-electron chi connectivity index (χ4n) is 2.89. The normalized spacial score (nSPS) is 10.7. The van der Waals surface area contributed by atoms with Crippen molar-refractivity contribution in [2.45, 2.75) is 26.2 Å². The second-order valence-corrected chi connectivity index (χ2v) is 6.51. The molecule has 0 radical (unpaired) electrons. The number of benzene rings is 2. The molecule has 0 bridgehead atoms. The third-order valence-electron chi connectivity index (χ3n) is 4.24. The molecule has 5 nitrogen and oxygen atoms in total. The van der Waals surface area contributed by atoms with Crippen molar-refractivity contribution in [3.05, 3.63) is 78.4 Å². The molecule has 1 heterocycles. The maximum Gasteiger partial charge on any atom is 0.319 e. The van der Waals surface area contributed by atoms with Crippen molar-refractivity contribution in [1.29, 1.82) is 0 Å². The molecule has 3 rings (SSSR count). The topological polar surface area (TPSA) is 59.0 Å². The number of hydrogen-bond acceptors (Lipinski definition) is 2. The van der Waals surface area contributed by atoms with Gasteiger partial charge in [-0.15, -0.1) is 0 Å². The van der Waals surface area contributed by atoms with Gasteiger partial charge in [-0.25, -0.2) is 9.78 Å². The van der Waals surface area contributed by atoms with Crippen LogP contribution >= 0.6 is 0 Å². The predicted molar refractivity (Wildman–Crippen MR) is 105 cm³/mol. The molecule has 134 valence electrons. The number of nitrogens with one attached hydrogen (secondary N) is 2. The number of nitrogens with zero attached hydrogens (tertiary/aromatic N) is 2. The van der Waals surface area contributed by atoms with Crippen molar-refractivity contribution in [2.24, 2.45) is 0 Å². The lowest BCUT2D eigenvalue weighted by Crippen LogP contribution is -2.30. The van der Waals surface area contributed by atoms with Gasteiger partial charge >= 0.3 is 6.03 Å². The lowest BCUT2D eigenvalue weighted by atomic mass is 10.0. The van der Waals surface area contributed by atoms with Crippen LogP contribution in [0, 0.1) is 0 Å². The standard InChI is InChI=1S/C21H24N4O/c1-16(2)19-8-3-4-9-20(19)24-21(26)23-11-10-17-6-5-7-18(14-17)25-13-12-22-15-25/h3-9,12-16H,10-11H2,1-2H3,(H2,23,24,26). The van der Waals surface area contributed by atoms with E-state index < -0.39 is 0 Å². The van der Waals surface area contributed by atoms with Gasteiger partial charge in [0.15, 0.2) is 0 Å². The molecular weight excluding hydrogens is 324 g/mol. The minimum absolute atomic E-state index is 0.177. The number of imidazole rings is 1. The Bertz CT molecular complexity index is 856. The average Bonchev–Trinajstić information content (AvgIpc) is 3.17. The van der Waals surface area contributed by atoms with E-state index >= 15 is 0 Å². The van der Waals surface area contributed by atoms with Gasteiger partial charge in [-0.1, -0.05) is 44.2 Å². The largest absolute Gasteiger partial charge is 0.338 e. The van der Waals surface area contributed by atoms with Crippen molar-refractivity contribution < 1.29 is 4.79 Å². The summed E-state index contributed by atoms with van der Waals surface area (Å²) in [6, 6.07) is 15.9. The predicted octanol–water partition coefficient (Wildman–Crippen LogP) is 4.36. The van der Waals surface area contributed by atoms with E-state index in [1.165, 1.54) is 5.56 Å². The van der Waals surface area contributed by atoms with Crippen LogP contribution in [0.4, 0.5) is 10.5 Å². The van der Waals surface area contributed by atoms with E-state index in [4.69, 9.17) is 0 Å². The van der Waals surface area contributed by atoms with Gasteiger partial charge in [-0.05, 0) is 41.7 Å². The SMILES string of the molecule is CC(C)c1ccccc1NC(=O)NCCc1cccc(-n2ccnc2)c1. The van der Waals surface area contributed by atoms with Crippen LogP contribution in [0.15, 0.2) is 67.3 Å². The fourth-order valence-corrected chi connectivity index (χ4v) is 2.89. The highest BCUT2D eigenvalue weighted by Gasteiger charge is 2.08. The van der Waals surface area contributed by atoms with Crippen LogP contribution in [0.5, 0.6) is 0 Å². The molecule has 0 atom stereocenters. The van der Waals surface area contributed by atoms with Gasteiger partial charge in [0.05, 0.1) is 6.33 Å². The molecule has 3 aromatic rings. The number of rotatable bonds is 6. The summed E-state index contributed by atoms with van der Waals surface area (Å²) in [4.78, 5) is 16.3. The first-order valence-corrected chi connectivity index (χ1v) is 8.84. The molecule has 2 amide bonds. The monoisotopic (exact) mass is 348 g/mol. The summed E-state index contributed by atoms with van der Waals surface area (Å²) < 4.78 is 1.96. The number of amides is 2. The lowest BCUT2D eigenvalue weighted by molar-refractivity contribution is 0.252. The summed E-state index contributed by atoms with van der Waals surface area (Å²) >= 11 is 0. The van der Waals surface area contributed by atoms with Gasteiger partial charge in [0.25, 0.3) is 0 Å². The number of carbonyl (C=O) groups is 1. The summed E-state index contributed by atoms with van der Waals surface area (Å²) in [5.74, 6) is 0.359. The zero-order chi connectivity index (χ0) is 18.4. The van der Waals surface area contributed by atoms with Gasteiger partial charge in [0.2, 0.25) is 0 Å². The molecule has 0 saturated heterocycles. The molecule has 0 aliphatic carbocycles. The van der Waals surface area contributed by atoms with Crippen LogP contribution in [0.2, 0.25) is 0 Å². The molecular formula is C21H24N4O. The summed E-state index contributed by atoms with van der Waals surface area (Å²) in [6.07, 6.45) is 6.21. The van der Waals surface area contributed by atoms with Gasteiger partial charge < -0.3 is 15.2 Å². The minimum atomic E-state index is -0.177. The summed E-state index contributed by atoms with van der Waals surface area (Å²) in [5, 5.41) is 5.88. The maximum absolute atomic E-state index is 12.2. The Hall–Kier alpha value is -3.08. The van der Waals surface area contributed by atoms with Crippen LogP contribution in [0.1, 0.15) is 30.9 Å². The summed E-state index contributed by atoms with van der Waals surface area (Å²) in [6.45, 7) is 4.81. The van der Waals surface area contributed by atoms with E-state index in [0.717, 1.165) is 23.4 Å². The van der Waals surface area contributed by atoms with Gasteiger partial charge in [0.1, 0.15) is 0 Å². The molecule has 2 N–H and O–H groups in total. The Morgan fingerprint density at radius 1 is 1.15 bits per heavy atom. The molecule has 0 saturated carbocycles. The van der Waals surface area contributed by atoms with Crippen LogP contribution in [-0.2, 0) is 6.42 Å². The van der Waals surface area contributed by atoms with Crippen molar-refractivity contribution in [1.82, 2.24) is 14.9 Å². The highest BCUT2D eigenvalue weighted by molar-refractivity contribution is 5.90. The van der Waals surface area contributed by atoms with Crippen LogP contribution < -0.4 is 10.6 Å². The number of carbonyl (C=O) groups excluding carboxylic acids is 1. The number of urea groups is 1. The molecule has 0 unspecified atom stereocenters. The Labute approximate surface area is 154 Å². The third kappa shape index (κ3) is 4.51. The van der Waals surface area contributed by atoms with E-state index in [-0.39, 0.29) is 6.03 Å². The van der Waals surface area contributed by atoms with Gasteiger partial charge in [-0.2, -0.15) is 0 Å². The molecule has 2 aromatic carbocycles. The van der Waals surface area contributed by atoms with Crippen molar-refractivity contribution in [3.8, 4) is 5.69 Å². The Kier molecular flexibility index (Phi) is 5.69. The van der Waals surface area contributed by atoms with Gasteiger partial charge in [0, 0.05) is 30.3 Å². The first kappa shape index (κ1) is 17.7. The molecule has 0 fully saturated rings. The molecule has 1 aromatic heterocycles. The molecule has 5 heteroatoms. The highest BCUT2D eigenvalue weighted by atomic mass is 16.2. The van der Waals surface area contributed by atoms with E-state index in [0.29, 0.717) is 12.5 Å². The summed E-state index contributed by atoms with van der Waals surface area (Å²) in [5.41, 5.74) is 4.23. The average molecular weight is 348 g/mol. The van der Waals surface area contributed by atoms with Crippen LogP contribution in [-0.4, -0.2) is 22.1 Å². The quantitative estimate of drug-likeness (QED) is 0.695. The number of para-hydroxylation sites is 1. The molecule has 0 aliphatic heterocycles. The summed E-state index contributed by atoms with van der Waals surface area (Å²) in [7, 11) is 0. The first-order valence-electron chi connectivity index (χ1n) is 8.84. The number of aromatic nitrogens is 2. The minimum Gasteiger partial charge on any atom is -0.338 e. The maximum atomic E-state index is 12.2. The molecule has 0 spiro atoms. The second-order valence-electron chi connectivity index (χ2n) is 6.51. The van der Waals surface area contributed by atoms with Crippen molar-refractivity contribution in [2.75, 3.05) is 11.9 Å². The second kappa shape index (κ2) is 8.34. The smallest absolute Gasteiger partial charge is 0.319 e. The molecule has 0 aliphatic rings. The third-order valence-corrected chi connectivity index (χ3v) is 4.24. The van der Waals surface area contributed by atoms with Crippen LogP contribution in [0.3, 0.4) is 0 Å². The fraction of sp³-hybridized carbons (Fsp3) is 0.238. The Balaban J connectivity index is 1.54. The Morgan fingerprint density at radius 3 is 2.77 bits per heavy atom. The van der Waals surface area contributed by atoms with Crippen molar-refractivity contribution >= 4 is 11.7 Å². The number of hydrogen-bond donors (Lipinski definition) is 2. The zero-order valence-electron chi connectivity index (χ0n) is 15.1. The van der Waals surface area contributed by atoms with Crippen molar-refractivity contribution in [3.63, 3.8) is 0 Å². The highest BCUT2D eigenvalue weighted by Crippen LogP contribution is 2.23. The van der Waals surface area contributed by atoms with Gasteiger partial charge in [-0.3, -0.25) is 0 Å². The van der Waals surface area contributed by atoms with Crippen LogP contribution in [0.25, 0.3) is 5.69 Å². The lowest BCUT2D eigenvalue weighted by Gasteiger charge is -2.14. The van der Waals surface area contributed by atoms with E-state index in [1.807, 2.05) is 47.2 Å². The molecule has 26 heavy (non-hydrogen) atoms. The number of anilines is 1. The Morgan fingerprint density at radius 2 is 2.00 bits per heavy atom. The first-order chi connectivity index (χ1) is 12.6. The van der Waals surface area contributed by atoms with E-state index in [1.54, 1.807) is 12.5 Å². The van der Waals surface area contributed by atoms with E-state index in [9.17, 15) is 4.79 Å². The zero-order valence-corrected chi connectivity index (χ0v) is 15.1.